The number of rotatable bonds is 0. The molecule has 1 aliphatic carbocycles. The fraction of sp³-hybridized carbons (Fsp3) is 0.556. The minimum Gasteiger partial charge on any atom is -0.365 e. The zero-order chi connectivity index (χ0) is 17.9. The maximum absolute atomic E-state index is 11.6. The molecule has 6 unspecified atom stereocenters. The van der Waals surface area contributed by atoms with Crippen LogP contribution in [0.5, 0.6) is 0 Å². The third kappa shape index (κ3) is 2.22. The minimum atomic E-state index is -0.243. The molecular formula is C18H20N2O5. The van der Waals surface area contributed by atoms with Gasteiger partial charge in [-0.2, -0.15) is 0 Å². The Kier molecular flexibility index (Phi) is 3.64. The average molecular weight is 344 g/mol. The predicted octanol–water partition coefficient (Wildman–Crippen LogP) is 0.122. The Morgan fingerprint density at radius 3 is 1.60 bits per heavy atom. The summed E-state index contributed by atoms with van der Waals surface area (Å²) >= 11 is 0. The van der Waals surface area contributed by atoms with Crippen molar-refractivity contribution in [3.05, 3.63) is 24.3 Å². The first-order valence-electron chi connectivity index (χ1n) is 8.53. The van der Waals surface area contributed by atoms with Gasteiger partial charge in [-0.15, -0.1) is 0 Å². The monoisotopic (exact) mass is 344 g/mol. The second kappa shape index (κ2) is 5.62. The van der Waals surface area contributed by atoms with Crippen LogP contribution in [0, 0.1) is 23.7 Å². The smallest absolute Gasteiger partial charge is 0.235 e. The van der Waals surface area contributed by atoms with Gasteiger partial charge in [0, 0.05) is 14.1 Å². The highest BCUT2D eigenvalue weighted by molar-refractivity contribution is 6.06. The van der Waals surface area contributed by atoms with Gasteiger partial charge in [-0.3, -0.25) is 29.0 Å². The van der Waals surface area contributed by atoms with E-state index in [2.05, 4.69) is 0 Å². The molecule has 0 aromatic carbocycles. The number of hydrogen-bond donors (Lipinski definition) is 0. The number of imide groups is 2. The van der Waals surface area contributed by atoms with Gasteiger partial charge in [0.25, 0.3) is 0 Å². The summed E-state index contributed by atoms with van der Waals surface area (Å²) in [5, 5.41) is 0. The first-order valence-corrected chi connectivity index (χ1v) is 8.53. The Bertz CT molecular complexity index is 671. The summed E-state index contributed by atoms with van der Waals surface area (Å²) in [6.45, 7) is 0. The molecule has 0 aromatic rings. The number of amides is 4. The molecular weight excluding hydrogens is 324 g/mol. The van der Waals surface area contributed by atoms with E-state index in [1.807, 2.05) is 24.3 Å². The number of ether oxygens (including phenoxy) is 1. The van der Waals surface area contributed by atoms with Crippen molar-refractivity contribution in [3.63, 3.8) is 0 Å². The molecule has 0 spiro atoms. The van der Waals surface area contributed by atoms with Gasteiger partial charge < -0.3 is 4.74 Å². The molecule has 4 heterocycles. The van der Waals surface area contributed by atoms with Crippen LogP contribution in [0.25, 0.3) is 0 Å². The molecule has 3 saturated heterocycles. The summed E-state index contributed by atoms with van der Waals surface area (Å²) in [6, 6.07) is 0. The second-order valence-electron chi connectivity index (χ2n) is 7.13. The van der Waals surface area contributed by atoms with Gasteiger partial charge in [0.2, 0.25) is 23.6 Å². The van der Waals surface area contributed by atoms with Crippen LogP contribution in [0.2, 0.25) is 0 Å². The zero-order valence-corrected chi connectivity index (χ0v) is 14.1. The molecule has 25 heavy (non-hydrogen) atoms. The molecule has 0 saturated carbocycles. The lowest BCUT2D eigenvalue weighted by Crippen LogP contribution is -2.30. The molecule has 5 rings (SSSR count). The Morgan fingerprint density at radius 1 is 0.760 bits per heavy atom. The Balaban J connectivity index is 0.000000126. The number of hydrogen-bond acceptors (Lipinski definition) is 5. The fourth-order valence-corrected chi connectivity index (χ4v) is 4.42. The van der Waals surface area contributed by atoms with Crippen molar-refractivity contribution in [3.8, 4) is 0 Å². The van der Waals surface area contributed by atoms with Gasteiger partial charge >= 0.3 is 0 Å². The molecule has 6 atom stereocenters. The van der Waals surface area contributed by atoms with Crippen molar-refractivity contribution in [1.29, 1.82) is 0 Å². The van der Waals surface area contributed by atoms with Crippen LogP contribution in [0.3, 0.4) is 0 Å². The molecule has 7 heteroatoms. The Hall–Kier alpha value is -2.28. The van der Waals surface area contributed by atoms with Crippen molar-refractivity contribution in [1.82, 2.24) is 9.80 Å². The molecule has 3 fully saturated rings. The molecule has 132 valence electrons. The van der Waals surface area contributed by atoms with Crippen LogP contribution < -0.4 is 0 Å². The average Bonchev–Trinajstić information content (AvgIpc) is 3.35. The summed E-state index contributed by atoms with van der Waals surface area (Å²) in [5.74, 6) is -0.803. The van der Waals surface area contributed by atoms with E-state index in [-0.39, 0.29) is 59.5 Å². The Morgan fingerprint density at radius 2 is 1.16 bits per heavy atom. The molecule has 0 N–H and O–H groups in total. The van der Waals surface area contributed by atoms with Gasteiger partial charge in [-0.25, -0.2) is 0 Å². The molecule has 0 aromatic heterocycles. The zero-order valence-electron chi connectivity index (χ0n) is 14.1. The fourth-order valence-electron chi connectivity index (χ4n) is 4.42. The van der Waals surface area contributed by atoms with Crippen molar-refractivity contribution in [2.24, 2.45) is 23.7 Å². The number of likely N-dealkylation sites (tertiary alicyclic amines) is 2. The highest BCUT2D eigenvalue weighted by atomic mass is 16.5. The number of carbonyl (C=O) groups is 4. The quantitative estimate of drug-likeness (QED) is 0.460. The molecule has 5 aliphatic rings. The molecule has 7 nitrogen and oxygen atoms in total. The first-order chi connectivity index (χ1) is 11.9. The van der Waals surface area contributed by atoms with E-state index in [9.17, 15) is 19.2 Å². The van der Waals surface area contributed by atoms with Crippen LogP contribution in [0.1, 0.15) is 12.8 Å². The van der Waals surface area contributed by atoms with E-state index in [1.54, 1.807) is 14.1 Å². The van der Waals surface area contributed by atoms with Gasteiger partial charge in [0.1, 0.15) is 0 Å². The first kappa shape index (κ1) is 16.2. The summed E-state index contributed by atoms with van der Waals surface area (Å²) in [7, 11) is 3.12. The van der Waals surface area contributed by atoms with Crippen molar-refractivity contribution < 1.29 is 23.9 Å². The lowest BCUT2D eigenvalue weighted by atomic mass is 9.85. The summed E-state index contributed by atoms with van der Waals surface area (Å²) in [4.78, 5) is 48.5. The van der Waals surface area contributed by atoms with E-state index < -0.39 is 0 Å². The van der Waals surface area contributed by atoms with E-state index in [1.165, 1.54) is 9.80 Å². The van der Waals surface area contributed by atoms with E-state index in [0.29, 0.717) is 0 Å². The predicted molar refractivity (Wildman–Crippen MR) is 85.7 cm³/mol. The number of allylic oxidation sites excluding steroid dienone is 2. The van der Waals surface area contributed by atoms with Crippen LogP contribution in [-0.2, 0) is 23.9 Å². The van der Waals surface area contributed by atoms with Gasteiger partial charge in [-0.05, 0) is 12.8 Å². The number of fused-ring (bicyclic) bond motifs is 6. The highest BCUT2D eigenvalue weighted by Crippen LogP contribution is 2.44. The van der Waals surface area contributed by atoms with Gasteiger partial charge in [-0.1, -0.05) is 24.3 Å². The van der Waals surface area contributed by atoms with Crippen molar-refractivity contribution in [2.75, 3.05) is 14.1 Å². The van der Waals surface area contributed by atoms with E-state index >= 15 is 0 Å². The molecule has 4 amide bonds. The van der Waals surface area contributed by atoms with E-state index in [4.69, 9.17) is 4.74 Å². The Labute approximate surface area is 145 Å². The standard InChI is InChI=1S/C9H9NO3.C9H11NO2/c1-10-8(11)6-4-2-3-5(13-4)7(6)9(10)12;1-10-8(11)6-4-2-3-5-7(6)9(10)12/h2-7H,1H3;2-3,6-7H,4-5H2,1H3. The van der Waals surface area contributed by atoms with Crippen LogP contribution in [-0.4, -0.2) is 59.7 Å². The summed E-state index contributed by atoms with van der Waals surface area (Å²) < 4.78 is 5.45. The normalized spacial score (nSPS) is 40.6. The SMILES string of the molecule is CN1C(=O)C2C3C=CC(O3)C2C1=O.CN1C(=O)C2CC=CCC2C1=O. The second-order valence-corrected chi connectivity index (χ2v) is 7.13. The van der Waals surface area contributed by atoms with Crippen LogP contribution in [0.15, 0.2) is 24.3 Å². The highest BCUT2D eigenvalue weighted by Gasteiger charge is 2.59. The summed E-state index contributed by atoms with van der Waals surface area (Å²) in [5.41, 5.74) is 0. The molecule has 0 radical (unpaired) electrons. The van der Waals surface area contributed by atoms with Gasteiger partial charge in [0.05, 0.1) is 35.9 Å². The topological polar surface area (TPSA) is 84.0 Å². The van der Waals surface area contributed by atoms with E-state index in [0.717, 1.165) is 12.8 Å². The molecule has 4 aliphatic heterocycles. The maximum atomic E-state index is 11.6. The van der Waals surface area contributed by atoms with Gasteiger partial charge in [0.15, 0.2) is 0 Å². The number of carbonyl (C=O) groups excluding carboxylic acids is 4. The third-order valence-electron chi connectivity index (χ3n) is 5.86. The van der Waals surface area contributed by atoms with Crippen molar-refractivity contribution >= 4 is 23.6 Å². The van der Waals surface area contributed by atoms with Crippen LogP contribution >= 0.6 is 0 Å². The lowest BCUT2D eigenvalue weighted by Gasteiger charge is -2.14. The maximum Gasteiger partial charge on any atom is 0.235 e. The molecule has 2 bridgehead atoms. The third-order valence-corrected chi connectivity index (χ3v) is 5.86. The van der Waals surface area contributed by atoms with Crippen molar-refractivity contribution in [2.45, 2.75) is 25.0 Å². The minimum absolute atomic E-state index is 0.00523. The largest absolute Gasteiger partial charge is 0.365 e. The van der Waals surface area contributed by atoms with Crippen LogP contribution in [0.4, 0.5) is 0 Å². The number of nitrogens with zero attached hydrogens (tertiary/aromatic N) is 2. The lowest BCUT2D eigenvalue weighted by molar-refractivity contribution is -0.141. The summed E-state index contributed by atoms with van der Waals surface area (Å²) in [6.07, 6.45) is 8.91.